The van der Waals surface area contributed by atoms with E-state index in [9.17, 15) is 0 Å². The summed E-state index contributed by atoms with van der Waals surface area (Å²) < 4.78 is 16.1. The minimum absolute atomic E-state index is 0.0696. The number of aromatic nitrogens is 3. The Morgan fingerprint density at radius 3 is 2.47 bits per heavy atom. The van der Waals surface area contributed by atoms with Crippen molar-refractivity contribution in [1.29, 1.82) is 0 Å². The summed E-state index contributed by atoms with van der Waals surface area (Å²) in [4.78, 5) is 18.2. The van der Waals surface area contributed by atoms with Gasteiger partial charge in [0.05, 0.1) is 36.7 Å². The van der Waals surface area contributed by atoms with Crippen molar-refractivity contribution in [3.05, 3.63) is 89.2 Å². The average molecular weight is 624 g/mol. The van der Waals surface area contributed by atoms with Crippen LogP contribution in [0.4, 0.5) is 11.6 Å². The maximum Gasteiger partial charge on any atom is 0.237 e. The van der Waals surface area contributed by atoms with Crippen molar-refractivity contribution < 1.29 is 9.47 Å². The fourth-order valence-corrected chi connectivity index (χ4v) is 6.98. The van der Waals surface area contributed by atoms with E-state index in [1.807, 2.05) is 12.3 Å². The molecule has 1 N–H and O–H groups in total. The van der Waals surface area contributed by atoms with Crippen LogP contribution in [-0.2, 0) is 11.3 Å². The molecule has 4 aromatic rings. The van der Waals surface area contributed by atoms with Crippen LogP contribution in [-0.4, -0.2) is 34.2 Å². The maximum absolute atomic E-state index is 6.59. The van der Waals surface area contributed by atoms with E-state index in [0.29, 0.717) is 25.0 Å². The van der Waals surface area contributed by atoms with Gasteiger partial charge in [0, 0.05) is 28.4 Å². The summed E-state index contributed by atoms with van der Waals surface area (Å²) in [7, 11) is 0. The van der Waals surface area contributed by atoms with Crippen LogP contribution < -0.4 is 14.4 Å². The fraction of sp³-hybridized carbons (Fsp3) is 0.432. The van der Waals surface area contributed by atoms with Gasteiger partial charge in [-0.15, -0.1) is 0 Å². The molecule has 45 heavy (non-hydrogen) atoms. The summed E-state index contributed by atoms with van der Waals surface area (Å²) in [5.41, 5.74) is 7.88. The highest BCUT2D eigenvalue weighted by atomic mass is 32.2. The Balaban J connectivity index is 1.35. The zero-order valence-electron chi connectivity index (χ0n) is 27.6. The minimum atomic E-state index is 0.0696. The molecule has 2 aliphatic heterocycles. The molecule has 236 valence electrons. The first-order valence-electron chi connectivity index (χ1n) is 15.9. The van der Waals surface area contributed by atoms with E-state index in [2.05, 4.69) is 113 Å². The SMILES string of the molecule is Cc1cccc(C)c1-c1cc2nc(n1)NSc1cccc(c1)N(Cc1ccc(C3CC(C)(C)CO3)cn1)C(CC(C)(C)C)CO2. The molecule has 0 radical (unpaired) electrons. The Kier molecular flexibility index (Phi) is 8.81. The topological polar surface area (TPSA) is 72.4 Å². The number of anilines is 2. The molecule has 1 saturated heterocycles. The Morgan fingerprint density at radius 1 is 1.00 bits per heavy atom. The van der Waals surface area contributed by atoms with Crippen molar-refractivity contribution in [1.82, 2.24) is 15.0 Å². The summed E-state index contributed by atoms with van der Waals surface area (Å²) in [6.07, 6.45) is 4.05. The van der Waals surface area contributed by atoms with E-state index in [4.69, 9.17) is 24.4 Å². The van der Waals surface area contributed by atoms with Gasteiger partial charge in [0.25, 0.3) is 0 Å². The summed E-state index contributed by atoms with van der Waals surface area (Å²) in [6, 6.07) is 21.4. The molecule has 0 spiro atoms. The molecule has 6 rings (SSSR count). The van der Waals surface area contributed by atoms with Gasteiger partial charge < -0.3 is 14.4 Å². The molecule has 2 unspecified atom stereocenters. The molecule has 0 amide bonds. The summed E-state index contributed by atoms with van der Waals surface area (Å²) in [6.45, 7) is 17.5. The quantitative estimate of drug-likeness (QED) is 0.221. The largest absolute Gasteiger partial charge is 0.475 e. The van der Waals surface area contributed by atoms with Crippen molar-refractivity contribution >= 4 is 23.6 Å². The van der Waals surface area contributed by atoms with Crippen LogP contribution in [0.25, 0.3) is 11.3 Å². The van der Waals surface area contributed by atoms with Crippen molar-refractivity contribution in [2.24, 2.45) is 10.8 Å². The van der Waals surface area contributed by atoms with Crippen LogP contribution in [0.15, 0.2) is 71.8 Å². The van der Waals surface area contributed by atoms with Gasteiger partial charge >= 0.3 is 0 Å². The zero-order chi connectivity index (χ0) is 31.8. The second-order valence-electron chi connectivity index (χ2n) is 14.5. The number of hydrogen-bond acceptors (Lipinski definition) is 8. The van der Waals surface area contributed by atoms with Crippen LogP contribution in [0.2, 0.25) is 0 Å². The number of ether oxygens (including phenoxy) is 2. The lowest BCUT2D eigenvalue weighted by Crippen LogP contribution is -2.42. The summed E-state index contributed by atoms with van der Waals surface area (Å²) in [5, 5.41) is 0. The van der Waals surface area contributed by atoms with E-state index in [1.165, 1.54) is 23.1 Å². The molecule has 8 heteroatoms. The first-order chi connectivity index (χ1) is 21.4. The Morgan fingerprint density at radius 2 is 1.78 bits per heavy atom. The van der Waals surface area contributed by atoms with Crippen molar-refractivity contribution in [3.63, 3.8) is 0 Å². The number of fused-ring (bicyclic) bond motifs is 4. The molecular formula is C37H45N5O2S. The highest BCUT2D eigenvalue weighted by Gasteiger charge is 2.33. The van der Waals surface area contributed by atoms with Gasteiger partial charge in [-0.1, -0.05) is 65.0 Å². The molecule has 0 saturated carbocycles. The van der Waals surface area contributed by atoms with Gasteiger partial charge in [-0.3, -0.25) is 9.71 Å². The minimum Gasteiger partial charge on any atom is -0.475 e. The van der Waals surface area contributed by atoms with E-state index < -0.39 is 0 Å². The predicted octanol–water partition coefficient (Wildman–Crippen LogP) is 8.97. The first-order valence-corrected chi connectivity index (χ1v) is 16.7. The summed E-state index contributed by atoms with van der Waals surface area (Å²) >= 11 is 1.51. The molecule has 1 fully saturated rings. The summed E-state index contributed by atoms with van der Waals surface area (Å²) in [5.74, 6) is 1.10. The Hall–Kier alpha value is -3.62. The van der Waals surface area contributed by atoms with E-state index in [0.717, 1.165) is 52.5 Å². The highest BCUT2D eigenvalue weighted by Crippen LogP contribution is 2.40. The number of nitrogens with one attached hydrogen (secondary N) is 1. The van der Waals surface area contributed by atoms with Crippen molar-refractivity contribution in [2.75, 3.05) is 22.8 Å². The smallest absolute Gasteiger partial charge is 0.237 e. The maximum atomic E-state index is 6.59. The molecule has 4 heterocycles. The fourth-order valence-electron chi connectivity index (χ4n) is 6.35. The molecular weight excluding hydrogens is 579 g/mol. The number of pyridine rings is 1. The Bertz CT molecular complexity index is 1630. The monoisotopic (exact) mass is 623 g/mol. The Labute approximate surface area is 272 Å². The van der Waals surface area contributed by atoms with Crippen molar-refractivity contribution in [3.8, 4) is 17.1 Å². The number of benzene rings is 2. The van der Waals surface area contributed by atoms with E-state index in [-0.39, 0.29) is 23.0 Å². The molecule has 2 atom stereocenters. The second kappa shape index (κ2) is 12.6. The lowest BCUT2D eigenvalue weighted by molar-refractivity contribution is 0.0998. The lowest BCUT2D eigenvalue weighted by atomic mass is 9.87. The van der Waals surface area contributed by atoms with Crippen LogP contribution >= 0.6 is 11.9 Å². The number of nitrogens with zero attached hydrogens (tertiary/aromatic N) is 4. The van der Waals surface area contributed by atoms with Gasteiger partial charge in [0.1, 0.15) is 6.61 Å². The molecule has 2 aromatic heterocycles. The first kappa shape index (κ1) is 31.4. The van der Waals surface area contributed by atoms with Crippen LogP contribution in [0.5, 0.6) is 5.88 Å². The second-order valence-corrected chi connectivity index (χ2v) is 15.4. The number of aryl methyl sites for hydroxylation is 2. The molecule has 2 aliphatic rings. The normalized spacial score (nSPS) is 19.7. The van der Waals surface area contributed by atoms with Crippen LogP contribution in [0.1, 0.15) is 75.9 Å². The predicted molar refractivity (Wildman–Crippen MR) is 184 cm³/mol. The highest BCUT2D eigenvalue weighted by molar-refractivity contribution is 8.00. The third-order valence-corrected chi connectivity index (χ3v) is 9.30. The third-order valence-electron chi connectivity index (χ3n) is 8.53. The van der Waals surface area contributed by atoms with Gasteiger partial charge in [-0.25, -0.2) is 4.98 Å². The van der Waals surface area contributed by atoms with Crippen LogP contribution in [0.3, 0.4) is 0 Å². The molecule has 7 nitrogen and oxygen atoms in total. The van der Waals surface area contributed by atoms with Crippen molar-refractivity contribution in [2.45, 2.75) is 84.9 Å². The van der Waals surface area contributed by atoms with E-state index >= 15 is 0 Å². The van der Waals surface area contributed by atoms with Gasteiger partial charge in [0.15, 0.2) is 0 Å². The molecule has 4 bridgehead atoms. The number of rotatable bonds is 5. The standard InChI is InChI=1S/C37H45N5O2S/c1-24-10-8-11-25(2)34(24)31-17-33-40-35(39-31)41-45-30-13-9-12-28(16-30)42(29(22-43-33)18-36(3,4)5)21-27-15-14-26(20-38-27)32-19-37(6,7)23-44-32/h8-17,20,29,32H,18-19,21-23H2,1-7H3,(H,39,40,41). The van der Waals surface area contributed by atoms with Gasteiger partial charge in [-0.2, -0.15) is 4.98 Å². The average Bonchev–Trinajstić information content (AvgIpc) is 3.36. The molecule has 0 aliphatic carbocycles. The number of hydrogen-bond donors (Lipinski definition) is 1. The molecule has 2 aromatic carbocycles. The zero-order valence-corrected chi connectivity index (χ0v) is 28.4. The lowest BCUT2D eigenvalue weighted by Gasteiger charge is -2.37. The van der Waals surface area contributed by atoms with E-state index in [1.54, 1.807) is 0 Å². The van der Waals surface area contributed by atoms with Gasteiger partial charge in [-0.05, 0) is 90.4 Å². The third kappa shape index (κ3) is 7.61. The van der Waals surface area contributed by atoms with Gasteiger partial charge in [0.2, 0.25) is 11.8 Å². The van der Waals surface area contributed by atoms with Crippen LogP contribution in [0, 0.1) is 24.7 Å².